The summed E-state index contributed by atoms with van der Waals surface area (Å²) in [6.07, 6.45) is 2.03. The van der Waals surface area contributed by atoms with Crippen molar-refractivity contribution in [3.63, 3.8) is 0 Å². The Balaban J connectivity index is 1.60. The van der Waals surface area contributed by atoms with E-state index >= 15 is 0 Å². The van der Waals surface area contributed by atoms with E-state index in [1.54, 1.807) is 21.5 Å². The minimum atomic E-state index is -0.684. The highest BCUT2D eigenvalue weighted by atomic mass is 16.2. The number of nitrogens with zero attached hydrogens (tertiary/aromatic N) is 5. The predicted molar refractivity (Wildman–Crippen MR) is 80.7 cm³/mol. The van der Waals surface area contributed by atoms with Gasteiger partial charge in [0.25, 0.3) is 11.8 Å². The number of aryl methyl sites for hydroxylation is 2. The van der Waals surface area contributed by atoms with Gasteiger partial charge in [-0.15, -0.1) is 0 Å². The molecule has 8 heteroatoms. The van der Waals surface area contributed by atoms with Crippen molar-refractivity contribution in [3.8, 4) is 0 Å². The Labute approximate surface area is 133 Å². The van der Waals surface area contributed by atoms with Gasteiger partial charge in [0.1, 0.15) is 17.9 Å². The first-order valence-electron chi connectivity index (χ1n) is 7.94. The number of carbonyl (C=O) groups excluding carboxylic acids is 3. The lowest BCUT2D eigenvalue weighted by Gasteiger charge is -2.22. The van der Waals surface area contributed by atoms with E-state index < -0.39 is 6.04 Å². The summed E-state index contributed by atoms with van der Waals surface area (Å²) in [6, 6.07) is 0.490. The molecule has 4 amide bonds. The van der Waals surface area contributed by atoms with Crippen molar-refractivity contribution in [2.24, 2.45) is 7.05 Å². The van der Waals surface area contributed by atoms with Crippen LogP contribution in [-0.2, 0) is 16.6 Å². The Kier molecular flexibility index (Phi) is 2.97. The van der Waals surface area contributed by atoms with Gasteiger partial charge < -0.3 is 4.90 Å². The number of fused-ring (bicyclic) bond motifs is 1. The highest BCUT2D eigenvalue weighted by molar-refractivity contribution is 6.10. The highest BCUT2D eigenvalue weighted by Gasteiger charge is 2.53. The smallest absolute Gasteiger partial charge is 0.312 e. The van der Waals surface area contributed by atoms with Crippen molar-refractivity contribution < 1.29 is 14.4 Å². The summed E-state index contributed by atoms with van der Waals surface area (Å²) in [6.45, 7) is 2.96. The molecule has 3 aliphatic heterocycles. The zero-order chi connectivity index (χ0) is 16.3. The quantitative estimate of drug-likeness (QED) is 0.733. The lowest BCUT2D eigenvalue weighted by atomic mass is 10.1. The third kappa shape index (κ3) is 1.90. The summed E-state index contributed by atoms with van der Waals surface area (Å²) in [7, 11) is 1.78. The summed E-state index contributed by atoms with van der Waals surface area (Å²) in [5.41, 5.74) is 0.827. The van der Waals surface area contributed by atoms with Crippen LogP contribution >= 0.6 is 0 Å². The van der Waals surface area contributed by atoms with Crippen molar-refractivity contribution in [3.05, 3.63) is 11.8 Å². The number of carbonyl (C=O) groups is 3. The topological polar surface area (TPSA) is 78.8 Å². The van der Waals surface area contributed by atoms with E-state index in [4.69, 9.17) is 0 Å². The first-order chi connectivity index (χ1) is 11.0. The van der Waals surface area contributed by atoms with E-state index in [0.29, 0.717) is 31.7 Å². The Morgan fingerprint density at radius 2 is 1.87 bits per heavy atom. The fourth-order valence-corrected chi connectivity index (χ4v) is 3.91. The SMILES string of the molecule is Cc1cc(N2CC[C@@H](N3C(=O)[C@@H]4CCCN4C3=O)C2=O)n(C)n1. The number of anilines is 1. The van der Waals surface area contributed by atoms with Crippen LogP contribution in [0.1, 0.15) is 25.0 Å². The number of aromatic nitrogens is 2. The van der Waals surface area contributed by atoms with Crippen LogP contribution in [0.2, 0.25) is 0 Å². The summed E-state index contributed by atoms with van der Waals surface area (Å²) in [4.78, 5) is 42.2. The third-order valence-electron chi connectivity index (χ3n) is 4.97. The molecule has 2 atom stereocenters. The molecule has 0 radical (unpaired) electrons. The van der Waals surface area contributed by atoms with E-state index in [1.165, 1.54) is 4.90 Å². The maximum Gasteiger partial charge on any atom is 0.328 e. The Morgan fingerprint density at radius 3 is 2.52 bits per heavy atom. The Bertz CT molecular complexity index is 690. The molecular formula is C15H19N5O3. The number of rotatable bonds is 2. The molecule has 3 saturated heterocycles. The lowest BCUT2D eigenvalue weighted by Crippen LogP contribution is -2.46. The van der Waals surface area contributed by atoms with Gasteiger partial charge in [0.15, 0.2) is 0 Å². The van der Waals surface area contributed by atoms with Crippen LogP contribution in [0.4, 0.5) is 10.6 Å². The summed E-state index contributed by atoms with van der Waals surface area (Å²) in [5, 5.41) is 4.26. The van der Waals surface area contributed by atoms with Crippen molar-refractivity contribution in [2.75, 3.05) is 18.0 Å². The fraction of sp³-hybridized carbons (Fsp3) is 0.600. The van der Waals surface area contributed by atoms with Crippen LogP contribution in [0.5, 0.6) is 0 Å². The average molecular weight is 317 g/mol. The van der Waals surface area contributed by atoms with E-state index in [9.17, 15) is 14.4 Å². The van der Waals surface area contributed by atoms with Gasteiger partial charge in [-0.2, -0.15) is 5.10 Å². The van der Waals surface area contributed by atoms with Crippen LogP contribution in [-0.4, -0.2) is 62.6 Å². The van der Waals surface area contributed by atoms with E-state index in [-0.39, 0.29) is 23.9 Å². The molecular weight excluding hydrogens is 298 g/mol. The van der Waals surface area contributed by atoms with Gasteiger partial charge >= 0.3 is 6.03 Å². The summed E-state index contributed by atoms with van der Waals surface area (Å²) >= 11 is 0. The molecule has 0 unspecified atom stereocenters. The molecule has 3 aliphatic rings. The van der Waals surface area contributed by atoms with Crippen LogP contribution in [0.25, 0.3) is 0 Å². The second kappa shape index (κ2) is 4.81. The molecule has 122 valence electrons. The van der Waals surface area contributed by atoms with Crippen LogP contribution in [0.3, 0.4) is 0 Å². The van der Waals surface area contributed by atoms with Crippen LogP contribution < -0.4 is 4.90 Å². The molecule has 0 spiro atoms. The summed E-state index contributed by atoms with van der Waals surface area (Å²) in [5.74, 6) is 0.291. The third-order valence-corrected chi connectivity index (χ3v) is 4.97. The normalized spacial score (nSPS) is 27.6. The van der Waals surface area contributed by atoms with E-state index in [0.717, 1.165) is 12.1 Å². The number of hydrogen-bond donors (Lipinski definition) is 0. The lowest BCUT2D eigenvalue weighted by molar-refractivity contribution is -0.133. The van der Waals surface area contributed by atoms with Gasteiger partial charge in [0.2, 0.25) is 0 Å². The number of amides is 4. The Hall–Kier alpha value is -2.38. The fourth-order valence-electron chi connectivity index (χ4n) is 3.91. The molecule has 0 N–H and O–H groups in total. The second-order valence-electron chi connectivity index (χ2n) is 6.40. The molecule has 0 aliphatic carbocycles. The molecule has 0 bridgehead atoms. The van der Waals surface area contributed by atoms with Crippen LogP contribution in [0.15, 0.2) is 6.07 Å². The van der Waals surface area contributed by atoms with Crippen molar-refractivity contribution >= 4 is 23.7 Å². The predicted octanol–water partition coefficient (Wildman–Crippen LogP) is 0.260. The monoisotopic (exact) mass is 317 g/mol. The average Bonchev–Trinajstić information content (AvgIpc) is 3.22. The van der Waals surface area contributed by atoms with Crippen molar-refractivity contribution in [1.82, 2.24) is 19.6 Å². The molecule has 4 rings (SSSR count). The van der Waals surface area contributed by atoms with Gasteiger partial charge in [-0.05, 0) is 26.2 Å². The molecule has 8 nitrogen and oxygen atoms in total. The largest absolute Gasteiger partial charge is 0.328 e. The maximum atomic E-state index is 12.8. The molecule has 1 aromatic rings. The van der Waals surface area contributed by atoms with Gasteiger partial charge in [-0.25, -0.2) is 9.69 Å². The number of imide groups is 1. The van der Waals surface area contributed by atoms with Gasteiger partial charge in [-0.1, -0.05) is 0 Å². The first kappa shape index (κ1) is 14.2. The minimum absolute atomic E-state index is 0.198. The molecule has 0 saturated carbocycles. The van der Waals surface area contributed by atoms with Crippen molar-refractivity contribution in [1.29, 1.82) is 0 Å². The zero-order valence-electron chi connectivity index (χ0n) is 13.2. The van der Waals surface area contributed by atoms with E-state index in [2.05, 4.69) is 5.10 Å². The maximum absolute atomic E-state index is 12.8. The van der Waals surface area contributed by atoms with Crippen molar-refractivity contribution in [2.45, 2.75) is 38.3 Å². The molecule has 23 heavy (non-hydrogen) atoms. The van der Waals surface area contributed by atoms with Gasteiger partial charge in [0, 0.05) is 26.2 Å². The molecule has 4 heterocycles. The summed E-state index contributed by atoms with van der Waals surface area (Å²) < 4.78 is 1.65. The Morgan fingerprint density at radius 1 is 1.09 bits per heavy atom. The van der Waals surface area contributed by atoms with Crippen LogP contribution in [0, 0.1) is 6.92 Å². The molecule has 3 fully saturated rings. The molecule has 1 aromatic heterocycles. The molecule has 0 aromatic carbocycles. The van der Waals surface area contributed by atoms with Gasteiger partial charge in [-0.3, -0.25) is 19.2 Å². The minimum Gasteiger partial charge on any atom is -0.312 e. The second-order valence-corrected chi connectivity index (χ2v) is 6.40. The number of hydrogen-bond acceptors (Lipinski definition) is 4. The van der Waals surface area contributed by atoms with Gasteiger partial charge in [0.05, 0.1) is 5.69 Å². The van der Waals surface area contributed by atoms with E-state index in [1.807, 2.05) is 13.0 Å². The zero-order valence-corrected chi connectivity index (χ0v) is 13.2. The first-order valence-corrected chi connectivity index (χ1v) is 7.94. The standard InChI is InChI=1S/C15H19N5O3/c1-9-8-12(17(2)16-9)19-7-5-11(13(19)21)20-14(22)10-4-3-6-18(10)15(20)23/h8,10-11H,3-7H2,1-2H3/t10-,11+/m0/s1. The number of urea groups is 1. The highest BCUT2D eigenvalue weighted by Crippen LogP contribution is 2.32.